The number of piperidine rings is 2. The molecule has 9 fully saturated rings. The van der Waals surface area contributed by atoms with Crippen LogP contribution in [0.2, 0.25) is 0 Å². The van der Waals surface area contributed by atoms with Crippen LogP contribution in [-0.4, -0.2) is 56.5 Å². The molecule has 130 valence electrons. The number of Topliss-reactive ketones (excluding diaryl/α,β-unsaturated/α-hetero) is 1. The fourth-order valence-corrected chi connectivity index (χ4v) is 10.4. The molecule has 9 bridgehead atoms. The first kappa shape index (κ1) is 13.7. The number of carbonyl (C=O) groups excluding carboxylic acids is 1. The maximum absolute atomic E-state index is 12.6. The van der Waals surface area contributed by atoms with Gasteiger partial charge >= 0.3 is 0 Å². The second-order valence-corrected chi connectivity index (χ2v) is 10.5. The van der Waals surface area contributed by atoms with Gasteiger partial charge in [0.2, 0.25) is 0 Å². The van der Waals surface area contributed by atoms with Gasteiger partial charge in [0.1, 0.15) is 11.8 Å². The lowest BCUT2D eigenvalue weighted by molar-refractivity contribution is -0.274. The summed E-state index contributed by atoms with van der Waals surface area (Å²) in [4.78, 5) is 15.0. The molecule has 24 heavy (non-hydrogen) atoms. The van der Waals surface area contributed by atoms with Crippen LogP contribution in [0.1, 0.15) is 39.0 Å². The van der Waals surface area contributed by atoms with Gasteiger partial charge in [-0.1, -0.05) is 13.3 Å². The molecular weight excluding hydrogens is 306 g/mol. The number of aliphatic hydroxyl groups is 3. The number of rotatable bonds is 0. The maximum Gasteiger partial charge on any atom is 0.167 e. The molecule has 0 aromatic rings. The molecule has 0 aromatic heterocycles. The number of hydrogen-bond donors (Lipinski definition) is 3. The van der Waals surface area contributed by atoms with Crippen molar-refractivity contribution in [2.45, 2.75) is 63.0 Å². The summed E-state index contributed by atoms with van der Waals surface area (Å²) in [5.41, 5.74) is -1.40. The van der Waals surface area contributed by atoms with E-state index in [1.165, 1.54) is 0 Å². The Bertz CT molecular complexity index is 726. The van der Waals surface area contributed by atoms with Crippen molar-refractivity contribution in [2.75, 3.05) is 6.54 Å². The van der Waals surface area contributed by atoms with Crippen LogP contribution in [0.3, 0.4) is 0 Å². The first-order valence-electron chi connectivity index (χ1n) is 9.71. The number of carbonyl (C=O) groups is 1. The van der Waals surface area contributed by atoms with E-state index in [0.717, 1.165) is 32.2 Å². The SMILES string of the molecule is C[C@@]12CCC[C@]34C5C6C[C@@H]7C(=O)[C@@H](O)[C@@]6(C[C@@](O)([C@H]13)N5C2)[C@H]4[C@H]7O. The molecule has 2 spiro atoms. The number of nitrogens with zero attached hydrogens (tertiary/aromatic N) is 1. The van der Waals surface area contributed by atoms with Crippen LogP contribution in [0.25, 0.3) is 0 Å². The predicted molar refractivity (Wildman–Crippen MR) is 82.5 cm³/mol. The van der Waals surface area contributed by atoms with E-state index in [4.69, 9.17) is 0 Å². The van der Waals surface area contributed by atoms with Crippen molar-refractivity contribution in [1.82, 2.24) is 4.90 Å². The Morgan fingerprint density at radius 1 is 1.21 bits per heavy atom. The van der Waals surface area contributed by atoms with Gasteiger partial charge in [-0.2, -0.15) is 0 Å². The maximum atomic E-state index is 12.6. The van der Waals surface area contributed by atoms with Gasteiger partial charge in [-0.25, -0.2) is 0 Å². The van der Waals surface area contributed by atoms with E-state index in [9.17, 15) is 20.1 Å². The number of hydrogen-bond acceptors (Lipinski definition) is 5. The zero-order valence-electron chi connectivity index (χ0n) is 14.0. The lowest BCUT2D eigenvalue weighted by atomic mass is 9.39. The van der Waals surface area contributed by atoms with Crippen LogP contribution in [-0.2, 0) is 4.79 Å². The van der Waals surface area contributed by atoms with E-state index in [1.54, 1.807) is 0 Å². The third kappa shape index (κ3) is 0.896. The molecule has 12 atom stereocenters. The third-order valence-corrected chi connectivity index (χ3v) is 10.2. The zero-order valence-corrected chi connectivity index (χ0v) is 14.0. The summed E-state index contributed by atoms with van der Waals surface area (Å²) in [5.74, 6) is -0.0546. The van der Waals surface area contributed by atoms with Crippen molar-refractivity contribution in [3.63, 3.8) is 0 Å². The van der Waals surface area contributed by atoms with Crippen LogP contribution in [0.4, 0.5) is 0 Å². The highest BCUT2D eigenvalue weighted by atomic mass is 16.3. The van der Waals surface area contributed by atoms with E-state index >= 15 is 0 Å². The summed E-state index contributed by atoms with van der Waals surface area (Å²) in [5, 5.41) is 33.9. The zero-order chi connectivity index (χ0) is 16.4. The van der Waals surface area contributed by atoms with E-state index in [-0.39, 0.29) is 46.3 Å². The summed E-state index contributed by atoms with van der Waals surface area (Å²) in [7, 11) is 0. The van der Waals surface area contributed by atoms with Crippen LogP contribution in [0.15, 0.2) is 0 Å². The molecule has 0 aromatic carbocycles. The first-order valence-corrected chi connectivity index (χ1v) is 9.71. The van der Waals surface area contributed by atoms with Gasteiger partial charge < -0.3 is 15.3 Å². The Labute approximate surface area is 141 Å². The Hall–Kier alpha value is -0.490. The van der Waals surface area contributed by atoms with Crippen molar-refractivity contribution in [3.05, 3.63) is 0 Å². The minimum absolute atomic E-state index is 0.00153. The van der Waals surface area contributed by atoms with Gasteiger partial charge in [-0.3, -0.25) is 9.69 Å². The Morgan fingerprint density at radius 2 is 2.00 bits per heavy atom. The highest BCUT2D eigenvalue weighted by molar-refractivity contribution is 5.89. The third-order valence-electron chi connectivity index (χ3n) is 10.2. The monoisotopic (exact) mass is 331 g/mol. The van der Waals surface area contributed by atoms with Crippen LogP contribution in [0.5, 0.6) is 0 Å². The number of aliphatic hydroxyl groups excluding tert-OH is 2. The fourth-order valence-electron chi connectivity index (χ4n) is 10.4. The minimum atomic E-state index is -0.975. The minimum Gasteiger partial charge on any atom is -0.392 e. The second-order valence-electron chi connectivity index (χ2n) is 10.5. The molecule has 5 heteroatoms. The molecule has 9 rings (SSSR count). The first-order chi connectivity index (χ1) is 11.3. The molecule has 6 saturated carbocycles. The van der Waals surface area contributed by atoms with Gasteiger partial charge in [-0.05, 0) is 42.4 Å². The van der Waals surface area contributed by atoms with Crippen molar-refractivity contribution in [1.29, 1.82) is 0 Å². The van der Waals surface area contributed by atoms with E-state index < -0.39 is 23.3 Å². The van der Waals surface area contributed by atoms with Crippen molar-refractivity contribution in [2.24, 2.45) is 39.9 Å². The molecule has 5 nitrogen and oxygen atoms in total. The van der Waals surface area contributed by atoms with Gasteiger partial charge in [-0.15, -0.1) is 0 Å². The second kappa shape index (κ2) is 3.26. The van der Waals surface area contributed by atoms with Gasteiger partial charge in [0, 0.05) is 35.8 Å². The fraction of sp³-hybridized carbons (Fsp3) is 0.947. The van der Waals surface area contributed by atoms with Crippen molar-refractivity contribution in [3.8, 4) is 0 Å². The van der Waals surface area contributed by atoms with Crippen LogP contribution < -0.4 is 0 Å². The van der Waals surface area contributed by atoms with Gasteiger partial charge in [0.15, 0.2) is 5.78 Å². The predicted octanol–water partition coefficient (Wildman–Crippen LogP) is 0.126. The Balaban J connectivity index is 1.57. The summed E-state index contributed by atoms with van der Waals surface area (Å²) >= 11 is 0. The lowest BCUT2D eigenvalue weighted by Gasteiger charge is -2.66. The van der Waals surface area contributed by atoms with Gasteiger partial charge in [0.25, 0.3) is 0 Å². The molecule has 6 aliphatic carbocycles. The van der Waals surface area contributed by atoms with Crippen molar-refractivity contribution >= 4 is 5.78 Å². The number of fused-ring (bicyclic) bond motifs is 1. The Kier molecular flexibility index (Phi) is 1.86. The van der Waals surface area contributed by atoms with Crippen LogP contribution >= 0.6 is 0 Å². The Morgan fingerprint density at radius 3 is 2.79 bits per heavy atom. The molecular formula is C19H25NO4. The highest BCUT2D eigenvalue weighted by Gasteiger charge is 2.93. The van der Waals surface area contributed by atoms with E-state index in [2.05, 4.69) is 11.8 Å². The average molecular weight is 331 g/mol. The summed E-state index contributed by atoms with van der Waals surface area (Å²) in [6, 6.07) is 0.266. The number of ketones is 1. The molecule has 0 radical (unpaired) electrons. The molecule has 9 aliphatic rings. The van der Waals surface area contributed by atoms with Crippen LogP contribution in [0, 0.1) is 39.9 Å². The summed E-state index contributed by atoms with van der Waals surface area (Å²) < 4.78 is 0. The highest BCUT2D eigenvalue weighted by Crippen LogP contribution is 2.88. The molecule has 3 aliphatic heterocycles. The van der Waals surface area contributed by atoms with E-state index in [1.807, 2.05) is 0 Å². The molecule has 3 unspecified atom stereocenters. The summed E-state index contributed by atoms with van der Waals surface area (Å²) in [6.07, 6.45) is 2.96. The normalized spacial score (nSPS) is 76.1. The molecule has 3 N–H and O–H groups in total. The van der Waals surface area contributed by atoms with Crippen molar-refractivity contribution < 1.29 is 20.1 Å². The molecule has 3 saturated heterocycles. The summed E-state index contributed by atoms with van der Waals surface area (Å²) in [6.45, 7) is 3.27. The van der Waals surface area contributed by atoms with E-state index in [0.29, 0.717) is 6.42 Å². The largest absolute Gasteiger partial charge is 0.392 e. The molecule has 3 heterocycles. The smallest absolute Gasteiger partial charge is 0.167 e. The molecule has 0 amide bonds. The quantitative estimate of drug-likeness (QED) is 0.588. The average Bonchev–Trinajstić information content (AvgIpc) is 2.88. The van der Waals surface area contributed by atoms with Gasteiger partial charge in [0.05, 0.1) is 6.10 Å². The standard InChI is InChI=1S/C19H25NO4/c1-16-3-2-4-17-12-10(21)8-5-9-13(17)20(7-16)19(24,15(16)17)6-18(9,12)14(23)11(8)22/h8-10,12-15,21,23-24H,2-7H2,1H3/t8-,9?,10-,12-,13?,14+,15+,16-,17-,18+,19+/m0/s1. The lowest BCUT2D eigenvalue weighted by Crippen LogP contribution is -2.73. The topological polar surface area (TPSA) is 81.0 Å².